The van der Waals surface area contributed by atoms with Crippen molar-refractivity contribution in [2.75, 3.05) is 33.1 Å². The van der Waals surface area contributed by atoms with Crippen LogP contribution in [0.4, 0.5) is 5.69 Å². The zero-order valence-corrected chi connectivity index (χ0v) is 14.6. The third kappa shape index (κ3) is 4.34. The minimum Gasteiger partial charge on any atom is -0.497 e. The predicted octanol–water partition coefficient (Wildman–Crippen LogP) is 3.25. The fourth-order valence-electron chi connectivity index (χ4n) is 3.09. The van der Waals surface area contributed by atoms with Gasteiger partial charge >= 0.3 is 0 Å². The molecule has 0 spiro atoms. The van der Waals surface area contributed by atoms with Crippen molar-refractivity contribution in [2.24, 2.45) is 0 Å². The summed E-state index contributed by atoms with van der Waals surface area (Å²) in [6, 6.07) is 7.78. The van der Waals surface area contributed by atoms with Crippen LogP contribution in [0.2, 0.25) is 0 Å². The molecule has 122 valence electrons. The van der Waals surface area contributed by atoms with Crippen LogP contribution < -0.4 is 15.4 Å². The van der Waals surface area contributed by atoms with Crippen LogP contribution in [-0.4, -0.2) is 43.3 Å². The number of likely N-dealkylation sites (N-methyl/N-ethyl adjacent to an activating group) is 1. The average Bonchev–Trinajstić information content (AvgIpc) is 2.54. The van der Waals surface area contributed by atoms with Gasteiger partial charge in [0.05, 0.1) is 7.11 Å². The van der Waals surface area contributed by atoms with Crippen molar-refractivity contribution < 1.29 is 4.74 Å². The van der Waals surface area contributed by atoms with Gasteiger partial charge in [-0.2, -0.15) is 0 Å². The Bertz CT molecular complexity index is 481. The van der Waals surface area contributed by atoms with E-state index in [1.54, 1.807) is 7.11 Å². The first-order valence-electron chi connectivity index (χ1n) is 7.92. The highest BCUT2D eigenvalue weighted by Gasteiger charge is 2.34. The van der Waals surface area contributed by atoms with Crippen molar-refractivity contribution in [1.82, 2.24) is 10.2 Å². The zero-order valence-electron chi connectivity index (χ0n) is 13.8. The highest BCUT2D eigenvalue weighted by molar-refractivity contribution is 7.80. The highest BCUT2D eigenvalue weighted by atomic mass is 32.1. The topological polar surface area (TPSA) is 36.5 Å². The van der Waals surface area contributed by atoms with Crippen LogP contribution in [0.5, 0.6) is 5.75 Å². The van der Waals surface area contributed by atoms with E-state index >= 15 is 0 Å². The number of methoxy groups -OCH3 is 1. The number of nitrogens with one attached hydrogen (secondary N) is 2. The second kappa shape index (κ2) is 7.79. The van der Waals surface area contributed by atoms with Gasteiger partial charge in [0.1, 0.15) is 5.75 Å². The molecule has 0 bridgehead atoms. The molecule has 1 fully saturated rings. The minimum atomic E-state index is 0.226. The molecule has 0 amide bonds. The molecule has 2 rings (SSSR count). The van der Waals surface area contributed by atoms with Crippen LogP contribution in [0.25, 0.3) is 0 Å². The summed E-state index contributed by atoms with van der Waals surface area (Å²) in [5.41, 5.74) is 1.20. The Kier molecular flexibility index (Phi) is 6.03. The van der Waals surface area contributed by atoms with Crippen molar-refractivity contribution in [1.29, 1.82) is 0 Å². The Labute approximate surface area is 139 Å². The van der Waals surface area contributed by atoms with Crippen LogP contribution in [0.1, 0.15) is 32.1 Å². The lowest BCUT2D eigenvalue weighted by Crippen LogP contribution is -2.54. The molecule has 1 aromatic carbocycles. The maximum Gasteiger partial charge on any atom is 0.170 e. The smallest absolute Gasteiger partial charge is 0.170 e. The molecule has 1 aromatic rings. The van der Waals surface area contributed by atoms with E-state index in [0.29, 0.717) is 5.11 Å². The number of thiocarbonyl (C=S) groups is 1. The Morgan fingerprint density at radius 2 is 1.82 bits per heavy atom. The number of nitrogens with zero attached hydrogens (tertiary/aromatic N) is 1. The molecule has 5 heteroatoms. The summed E-state index contributed by atoms with van der Waals surface area (Å²) >= 11 is 5.43. The van der Waals surface area contributed by atoms with Crippen LogP contribution in [-0.2, 0) is 0 Å². The van der Waals surface area contributed by atoms with E-state index in [4.69, 9.17) is 17.0 Å². The molecule has 0 unspecified atom stereocenters. The number of hydrogen-bond acceptors (Lipinski definition) is 3. The van der Waals surface area contributed by atoms with Gasteiger partial charge in [0.2, 0.25) is 0 Å². The summed E-state index contributed by atoms with van der Waals surface area (Å²) in [5, 5.41) is 7.31. The summed E-state index contributed by atoms with van der Waals surface area (Å²) < 4.78 is 5.16. The highest BCUT2D eigenvalue weighted by Crippen LogP contribution is 2.31. The Morgan fingerprint density at radius 3 is 2.36 bits per heavy atom. The second-order valence-electron chi connectivity index (χ2n) is 6.22. The molecule has 0 aliphatic heterocycles. The molecular weight excluding hydrogens is 294 g/mol. The van der Waals surface area contributed by atoms with Crippen LogP contribution in [0.3, 0.4) is 0 Å². The van der Waals surface area contributed by atoms with E-state index in [9.17, 15) is 0 Å². The predicted molar refractivity (Wildman–Crippen MR) is 96.7 cm³/mol. The summed E-state index contributed by atoms with van der Waals surface area (Å²) in [5.74, 6) is 0.846. The molecule has 0 aromatic heterocycles. The van der Waals surface area contributed by atoms with E-state index < -0.39 is 0 Å². The average molecular weight is 321 g/mol. The van der Waals surface area contributed by atoms with Crippen LogP contribution >= 0.6 is 12.2 Å². The zero-order chi connectivity index (χ0) is 16.0. The molecule has 2 N–H and O–H groups in total. The van der Waals surface area contributed by atoms with Gasteiger partial charge in [-0.05, 0) is 63.4 Å². The summed E-state index contributed by atoms with van der Waals surface area (Å²) in [7, 11) is 6.01. The van der Waals surface area contributed by atoms with E-state index in [2.05, 4.69) is 29.6 Å². The van der Waals surface area contributed by atoms with Gasteiger partial charge in [-0.1, -0.05) is 19.3 Å². The van der Waals surface area contributed by atoms with E-state index in [0.717, 1.165) is 18.0 Å². The van der Waals surface area contributed by atoms with Crippen LogP contribution in [0, 0.1) is 0 Å². The van der Waals surface area contributed by atoms with E-state index in [1.165, 1.54) is 32.1 Å². The summed E-state index contributed by atoms with van der Waals surface area (Å²) in [6.45, 7) is 0.891. The number of anilines is 1. The molecular formula is C17H27N3OS. The monoisotopic (exact) mass is 321 g/mol. The van der Waals surface area contributed by atoms with Crippen LogP contribution in [0.15, 0.2) is 24.3 Å². The van der Waals surface area contributed by atoms with Gasteiger partial charge in [-0.25, -0.2) is 0 Å². The number of rotatable bonds is 5. The lowest BCUT2D eigenvalue weighted by atomic mass is 9.80. The van der Waals surface area contributed by atoms with E-state index in [1.807, 2.05) is 24.3 Å². The molecule has 0 radical (unpaired) electrons. The number of benzene rings is 1. The summed E-state index contributed by atoms with van der Waals surface area (Å²) in [6.07, 6.45) is 6.43. The molecule has 1 saturated carbocycles. The second-order valence-corrected chi connectivity index (χ2v) is 6.62. The van der Waals surface area contributed by atoms with Gasteiger partial charge in [0.15, 0.2) is 5.11 Å². The van der Waals surface area contributed by atoms with Gasteiger partial charge in [0.25, 0.3) is 0 Å². The third-order valence-corrected chi connectivity index (χ3v) is 4.91. The molecule has 0 saturated heterocycles. The lowest BCUT2D eigenvalue weighted by Gasteiger charge is -2.43. The quantitative estimate of drug-likeness (QED) is 0.814. The van der Waals surface area contributed by atoms with Crippen molar-refractivity contribution in [3.05, 3.63) is 24.3 Å². The first-order valence-corrected chi connectivity index (χ1v) is 8.33. The van der Waals surface area contributed by atoms with E-state index in [-0.39, 0.29) is 5.54 Å². The first kappa shape index (κ1) is 17.0. The van der Waals surface area contributed by atoms with Crippen molar-refractivity contribution in [3.63, 3.8) is 0 Å². The minimum absolute atomic E-state index is 0.226. The molecule has 0 atom stereocenters. The van der Waals surface area contributed by atoms with Crippen molar-refractivity contribution in [3.8, 4) is 5.75 Å². The number of hydrogen-bond donors (Lipinski definition) is 2. The van der Waals surface area contributed by atoms with Gasteiger partial charge in [-0.3, -0.25) is 0 Å². The van der Waals surface area contributed by atoms with Crippen molar-refractivity contribution in [2.45, 2.75) is 37.6 Å². The van der Waals surface area contributed by atoms with Gasteiger partial charge in [0, 0.05) is 17.8 Å². The van der Waals surface area contributed by atoms with Gasteiger partial charge < -0.3 is 20.3 Å². The van der Waals surface area contributed by atoms with Crippen molar-refractivity contribution >= 4 is 23.0 Å². The molecule has 1 aliphatic rings. The largest absolute Gasteiger partial charge is 0.497 e. The third-order valence-electron chi connectivity index (χ3n) is 4.66. The number of ether oxygens (including phenoxy) is 1. The fourth-order valence-corrected chi connectivity index (χ4v) is 3.28. The Hall–Kier alpha value is -1.33. The fraction of sp³-hybridized carbons (Fsp3) is 0.588. The first-order chi connectivity index (χ1) is 10.6. The normalized spacial score (nSPS) is 17.1. The Morgan fingerprint density at radius 1 is 1.18 bits per heavy atom. The SMILES string of the molecule is COc1ccc(NC(=S)NCC2(N(C)C)CCCCC2)cc1. The Balaban J connectivity index is 1.87. The maximum atomic E-state index is 5.43. The lowest BCUT2D eigenvalue weighted by molar-refractivity contribution is 0.104. The molecule has 1 aliphatic carbocycles. The molecule has 22 heavy (non-hydrogen) atoms. The molecule has 4 nitrogen and oxygen atoms in total. The maximum absolute atomic E-state index is 5.43. The van der Waals surface area contributed by atoms with Gasteiger partial charge in [-0.15, -0.1) is 0 Å². The summed E-state index contributed by atoms with van der Waals surface area (Å²) in [4.78, 5) is 2.36. The standard InChI is InChI=1S/C17H27N3OS/c1-20(2)17(11-5-4-6-12-17)13-18-16(22)19-14-7-9-15(21-3)10-8-14/h7-10H,4-6,11-13H2,1-3H3,(H2,18,19,22). The molecule has 0 heterocycles.